The van der Waals surface area contributed by atoms with E-state index in [2.05, 4.69) is 16.3 Å². The third kappa shape index (κ3) is 1.69. The van der Waals surface area contributed by atoms with Gasteiger partial charge in [-0.1, -0.05) is 35.9 Å². The molecule has 1 N–H and O–H groups in total. The van der Waals surface area contributed by atoms with Crippen LogP contribution in [-0.2, 0) is 11.2 Å². The highest BCUT2D eigenvalue weighted by molar-refractivity contribution is 6.38. The summed E-state index contributed by atoms with van der Waals surface area (Å²) >= 11 is 0. The molecule has 1 aromatic carbocycles. The van der Waals surface area contributed by atoms with E-state index in [0.717, 1.165) is 5.56 Å². The Hall–Kier alpha value is -1.77. The highest BCUT2D eigenvalue weighted by atomic mass is 16.1. The molecule has 0 saturated heterocycles. The monoisotopic (exact) mass is 172 g/mol. The van der Waals surface area contributed by atoms with Crippen LogP contribution in [0, 0.1) is 0 Å². The summed E-state index contributed by atoms with van der Waals surface area (Å²) in [5, 5.41) is 0. The van der Waals surface area contributed by atoms with E-state index in [-0.39, 0.29) is 5.91 Å². The molecule has 1 heterocycles. The molecule has 1 aromatic rings. The van der Waals surface area contributed by atoms with Crippen molar-refractivity contribution in [2.24, 2.45) is 4.99 Å². The van der Waals surface area contributed by atoms with Crippen molar-refractivity contribution < 1.29 is 9.79 Å². The molecular formula is C10H8N2O. The van der Waals surface area contributed by atoms with Crippen LogP contribution < -0.4 is 4.99 Å². The minimum Gasteiger partial charge on any atom is -0.329 e. The van der Waals surface area contributed by atoms with E-state index >= 15 is 0 Å². The molecule has 1 amide bonds. The first kappa shape index (κ1) is 7.86. The topological polar surface area (TPSA) is 43.4 Å². The molecular weight excluding hydrogens is 164 g/mol. The Bertz CT molecular complexity index is 379. The average Bonchev–Trinajstić information content (AvgIpc) is 2.54. The van der Waals surface area contributed by atoms with E-state index in [1.165, 1.54) is 0 Å². The predicted molar refractivity (Wildman–Crippen MR) is 48.6 cm³/mol. The normalized spacial score (nSPS) is 14.8. The minimum atomic E-state index is -0.149. The first-order chi connectivity index (χ1) is 6.36. The van der Waals surface area contributed by atoms with Gasteiger partial charge in [-0.2, -0.15) is 4.99 Å². The van der Waals surface area contributed by atoms with Gasteiger partial charge in [0.05, 0.1) is 5.71 Å². The van der Waals surface area contributed by atoms with Crippen molar-refractivity contribution in [1.82, 2.24) is 0 Å². The summed E-state index contributed by atoms with van der Waals surface area (Å²) in [5.74, 6) is -0.149. The van der Waals surface area contributed by atoms with E-state index in [0.29, 0.717) is 12.1 Å². The molecule has 1 aliphatic rings. The molecule has 0 bridgehead atoms. The Morgan fingerprint density at radius 2 is 2.08 bits per heavy atom. The lowest BCUT2D eigenvalue weighted by Gasteiger charge is -1.99. The number of carbonyl (C=O) groups excluding carboxylic acids is 1. The number of rotatable bonds is 2. The third-order valence-electron chi connectivity index (χ3n) is 1.84. The van der Waals surface area contributed by atoms with E-state index in [4.69, 9.17) is 0 Å². The Balaban J connectivity index is 2.12. The number of carbonyl (C=O) groups is 1. The second-order valence-corrected chi connectivity index (χ2v) is 2.79. The standard InChI is InChI=1S/C10H8N2O/c13-10-9(11-7-12-10)6-8-4-2-1-3-5-8/h1-5,12H,6H2. The van der Waals surface area contributed by atoms with Crippen molar-refractivity contribution in [3.63, 3.8) is 0 Å². The van der Waals surface area contributed by atoms with Crippen LogP contribution in [0.1, 0.15) is 5.56 Å². The molecule has 2 rings (SSSR count). The van der Waals surface area contributed by atoms with Gasteiger partial charge in [0.2, 0.25) is 12.2 Å². The summed E-state index contributed by atoms with van der Waals surface area (Å²) in [6, 6.07) is 9.76. The summed E-state index contributed by atoms with van der Waals surface area (Å²) < 4.78 is 0. The highest BCUT2D eigenvalue weighted by Gasteiger charge is 2.10. The molecule has 0 atom stereocenters. The molecule has 0 spiro atoms. The maximum Gasteiger partial charge on any atom is 0.247 e. The van der Waals surface area contributed by atoms with Crippen LogP contribution in [-0.4, -0.2) is 18.0 Å². The third-order valence-corrected chi connectivity index (χ3v) is 1.84. The molecule has 64 valence electrons. The van der Waals surface area contributed by atoms with Crippen LogP contribution in [0.2, 0.25) is 0 Å². The maximum absolute atomic E-state index is 11.1. The van der Waals surface area contributed by atoms with Gasteiger partial charge in [0.25, 0.3) is 0 Å². The number of aliphatic imine (C=N–C) groups is 1. The molecule has 0 saturated carbocycles. The van der Waals surface area contributed by atoms with Gasteiger partial charge in [0.1, 0.15) is 0 Å². The van der Waals surface area contributed by atoms with E-state index < -0.39 is 0 Å². The van der Waals surface area contributed by atoms with Gasteiger partial charge in [-0.15, -0.1) is 0 Å². The van der Waals surface area contributed by atoms with E-state index in [9.17, 15) is 4.79 Å². The summed E-state index contributed by atoms with van der Waals surface area (Å²) in [6.45, 7) is 0. The van der Waals surface area contributed by atoms with Gasteiger partial charge in [0.15, 0.2) is 0 Å². The summed E-state index contributed by atoms with van der Waals surface area (Å²) in [4.78, 5) is 17.3. The number of nitrogens with zero attached hydrogens (tertiary/aromatic N) is 1. The fraction of sp³-hybridized carbons (Fsp3) is 0.100. The number of hydrogen-bond donors (Lipinski definition) is 1. The lowest BCUT2D eigenvalue weighted by molar-refractivity contribution is -0.360. The maximum atomic E-state index is 11.1. The van der Waals surface area contributed by atoms with Gasteiger partial charge in [-0.25, -0.2) is 0 Å². The second-order valence-electron chi connectivity index (χ2n) is 2.79. The molecule has 3 heteroatoms. The summed E-state index contributed by atoms with van der Waals surface area (Å²) in [6.07, 6.45) is 3.00. The van der Waals surface area contributed by atoms with Crippen LogP contribution in [0.25, 0.3) is 0 Å². The zero-order chi connectivity index (χ0) is 9.10. The van der Waals surface area contributed by atoms with Crippen molar-refractivity contribution >= 4 is 18.0 Å². The van der Waals surface area contributed by atoms with Crippen molar-refractivity contribution in [1.29, 1.82) is 0 Å². The summed E-state index contributed by atoms with van der Waals surface area (Å²) in [5.41, 5.74) is 1.60. The Labute approximate surface area is 75.8 Å². The van der Waals surface area contributed by atoms with Crippen molar-refractivity contribution in [2.75, 3.05) is 0 Å². The zero-order valence-corrected chi connectivity index (χ0v) is 6.95. The minimum absolute atomic E-state index is 0.149. The Morgan fingerprint density at radius 1 is 1.31 bits per heavy atom. The first-order valence-corrected chi connectivity index (χ1v) is 4.02. The van der Waals surface area contributed by atoms with Gasteiger partial charge in [0, 0.05) is 0 Å². The Morgan fingerprint density at radius 3 is 2.69 bits per heavy atom. The van der Waals surface area contributed by atoms with Crippen molar-refractivity contribution in [3.05, 3.63) is 35.9 Å². The van der Waals surface area contributed by atoms with Crippen LogP contribution >= 0.6 is 0 Å². The number of nitrogens with one attached hydrogen (secondary N) is 1. The molecule has 0 aliphatic carbocycles. The summed E-state index contributed by atoms with van der Waals surface area (Å²) in [7, 11) is 0. The Kier molecular flexibility index (Phi) is 2.00. The van der Waals surface area contributed by atoms with Crippen LogP contribution in [0.3, 0.4) is 0 Å². The fourth-order valence-electron chi connectivity index (χ4n) is 1.18. The van der Waals surface area contributed by atoms with E-state index in [1.54, 1.807) is 0 Å². The highest BCUT2D eigenvalue weighted by Crippen LogP contribution is 2.00. The van der Waals surface area contributed by atoms with Crippen LogP contribution in [0.5, 0.6) is 0 Å². The zero-order valence-electron chi connectivity index (χ0n) is 6.95. The number of benzene rings is 1. The SMILES string of the molecule is O=C1[NH+]=[C-]N=C1Cc1ccccc1. The molecule has 0 aromatic heterocycles. The van der Waals surface area contributed by atoms with Gasteiger partial charge in [-0.3, -0.25) is 0 Å². The molecule has 0 unspecified atom stereocenters. The number of hydrogen-bond acceptors (Lipinski definition) is 2. The van der Waals surface area contributed by atoms with E-state index in [1.807, 2.05) is 30.3 Å². The predicted octanol–water partition coefficient (Wildman–Crippen LogP) is -0.804. The van der Waals surface area contributed by atoms with Crippen LogP contribution in [0.4, 0.5) is 0 Å². The molecule has 0 radical (unpaired) electrons. The van der Waals surface area contributed by atoms with Crippen LogP contribution in [0.15, 0.2) is 35.3 Å². The largest absolute Gasteiger partial charge is 0.329 e. The molecule has 13 heavy (non-hydrogen) atoms. The first-order valence-electron chi connectivity index (χ1n) is 4.02. The van der Waals surface area contributed by atoms with Crippen molar-refractivity contribution in [2.45, 2.75) is 6.42 Å². The quantitative estimate of drug-likeness (QED) is 0.583. The lowest BCUT2D eigenvalue weighted by Crippen LogP contribution is -2.73. The molecule has 0 fully saturated rings. The second kappa shape index (κ2) is 3.31. The van der Waals surface area contributed by atoms with Gasteiger partial charge < -0.3 is 9.79 Å². The molecule has 1 aliphatic heterocycles. The number of amides is 1. The smallest absolute Gasteiger partial charge is 0.247 e. The van der Waals surface area contributed by atoms with Gasteiger partial charge >= 0.3 is 0 Å². The average molecular weight is 172 g/mol. The fourth-order valence-corrected chi connectivity index (χ4v) is 1.18. The lowest BCUT2D eigenvalue weighted by atomic mass is 10.1. The van der Waals surface area contributed by atoms with Crippen molar-refractivity contribution in [3.8, 4) is 0 Å². The molecule has 3 nitrogen and oxygen atoms in total. The van der Waals surface area contributed by atoms with Gasteiger partial charge in [-0.05, 0) is 6.42 Å².